The predicted octanol–water partition coefficient (Wildman–Crippen LogP) is 1.98. The average Bonchev–Trinajstić information content (AvgIpc) is 1.88. The zero-order valence-corrected chi connectivity index (χ0v) is 6.56. The molecule has 0 saturated carbocycles. The Labute approximate surface area is 58.6 Å². The minimum atomic E-state index is 0.833. The van der Waals surface area contributed by atoms with Gasteiger partial charge in [0.25, 0.3) is 0 Å². The Hall–Kier alpha value is -0.0400. The van der Waals surface area contributed by atoms with Crippen LogP contribution in [0, 0.1) is 12.3 Å². The molecule has 1 nitrogen and oxygen atoms in total. The van der Waals surface area contributed by atoms with Gasteiger partial charge in [0.15, 0.2) is 0 Å². The molecule has 1 atom stereocenters. The molecule has 1 unspecified atom stereocenters. The van der Waals surface area contributed by atoms with E-state index < -0.39 is 0 Å². The lowest BCUT2D eigenvalue weighted by atomic mass is 9.97. The van der Waals surface area contributed by atoms with Crippen molar-refractivity contribution in [2.45, 2.75) is 33.1 Å². The lowest BCUT2D eigenvalue weighted by Crippen LogP contribution is -2.07. The first-order chi connectivity index (χ1) is 4.35. The van der Waals surface area contributed by atoms with Gasteiger partial charge in [-0.1, -0.05) is 20.3 Å². The Morgan fingerprint density at radius 1 is 1.56 bits per heavy atom. The summed E-state index contributed by atoms with van der Waals surface area (Å²) in [7, 11) is 0. The van der Waals surface area contributed by atoms with Crippen LogP contribution in [0.15, 0.2) is 0 Å². The number of rotatable bonds is 5. The molecular formula is C8H18N. The van der Waals surface area contributed by atoms with Gasteiger partial charge in [-0.05, 0) is 31.7 Å². The summed E-state index contributed by atoms with van der Waals surface area (Å²) < 4.78 is 0. The summed E-state index contributed by atoms with van der Waals surface area (Å²) in [5.41, 5.74) is 5.42. The van der Waals surface area contributed by atoms with Crippen LogP contribution >= 0.6 is 0 Å². The Morgan fingerprint density at radius 3 is 2.56 bits per heavy atom. The van der Waals surface area contributed by atoms with Gasteiger partial charge in [-0.25, -0.2) is 0 Å². The average molecular weight is 128 g/mol. The van der Waals surface area contributed by atoms with Gasteiger partial charge in [-0.2, -0.15) is 0 Å². The van der Waals surface area contributed by atoms with Gasteiger partial charge in [0.1, 0.15) is 0 Å². The van der Waals surface area contributed by atoms with Crippen molar-refractivity contribution in [2.24, 2.45) is 11.7 Å². The summed E-state index contributed by atoms with van der Waals surface area (Å²) in [6, 6.07) is 0. The summed E-state index contributed by atoms with van der Waals surface area (Å²) >= 11 is 0. The van der Waals surface area contributed by atoms with Crippen LogP contribution < -0.4 is 5.73 Å². The molecule has 0 rings (SSSR count). The molecule has 0 fully saturated rings. The molecule has 0 aliphatic heterocycles. The maximum atomic E-state index is 5.42. The second-order valence-electron chi connectivity index (χ2n) is 2.50. The van der Waals surface area contributed by atoms with Gasteiger partial charge in [-0.15, -0.1) is 0 Å². The van der Waals surface area contributed by atoms with Crippen molar-refractivity contribution in [1.82, 2.24) is 0 Å². The lowest BCUT2D eigenvalue weighted by Gasteiger charge is -2.10. The molecule has 0 heterocycles. The molecule has 0 aliphatic rings. The van der Waals surface area contributed by atoms with Crippen molar-refractivity contribution in [3.63, 3.8) is 0 Å². The standard InChI is InChI=1S/C8H18N/c1-3-5-8(4-2)6-7-9/h3,8H,4-7,9H2,1-2H3. The number of hydrogen-bond acceptors (Lipinski definition) is 1. The Balaban J connectivity index is 3.18. The molecule has 2 N–H and O–H groups in total. The maximum absolute atomic E-state index is 5.42. The zero-order valence-electron chi connectivity index (χ0n) is 6.56. The van der Waals surface area contributed by atoms with Crippen molar-refractivity contribution in [2.75, 3.05) is 6.54 Å². The van der Waals surface area contributed by atoms with Gasteiger partial charge >= 0.3 is 0 Å². The van der Waals surface area contributed by atoms with Crippen LogP contribution in [0.2, 0.25) is 0 Å². The fourth-order valence-electron chi connectivity index (χ4n) is 1.06. The molecule has 0 aromatic carbocycles. The highest BCUT2D eigenvalue weighted by molar-refractivity contribution is 4.65. The normalized spacial score (nSPS) is 13.7. The Morgan fingerprint density at radius 2 is 2.22 bits per heavy atom. The minimum absolute atomic E-state index is 0.833. The Kier molecular flexibility index (Phi) is 6.06. The van der Waals surface area contributed by atoms with Crippen LogP contribution in [0.25, 0.3) is 0 Å². The SMILES string of the molecule is C[CH]CC(CC)CCN. The molecule has 55 valence electrons. The second-order valence-corrected chi connectivity index (χ2v) is 2.50. The zero-order chi connectivity index (χ0) is 7.11. The first kappa shape index (κ1) is 8.96. The molecule has 0 aromatic rings. The minimum Gasteiger partial charge on any atom is -0.330 e. The molecule has 0 spiro atoms. The van der Waals surface area contributed by atoms with Gasteiger partial charge in [0, 0.05) is 0 Å². The van der Waals surface area contributed by atoms with E-state index in [1.807, 2.05) is 0 Å². The van der Waals surface area contributed by atoms with Crippen molar-refractivity contribution in [1.29, 1.82) is 0 Å². The smallest absolute Gasteiger partial charge is 0.00746 e. The number of hydrogen-bond donors (Lipinski definition) is 1. The van der Waals surface area contributed by atoms with Crippen LogP contribution in [0.4, 0.5) is 0 Å². The molecular weight excluding hydrogens is 110 g/mol. The third kappa shape index (κ3) is 4.46. The fraction of sp³-hybridized carbons (Fsp3) is 0.875. The van der Waals surface area contributed by atoms with E-state index in [4.69, 9.17) is 5.73 Å². The van der Waals surface area contributed by atoms with Crippen molar-refractivity contribution in [3.8, 4) is 0 Å². The highest BCUT2D eigenvalue weighted by atomic mass is 14.5. The second kappa shape index (κ2) is 6.09. The van der Waals surface area contributed by atoms with Crippen LogP contribution in [0.5, 0.6) is 0 Å². The molecule has 0 saturated heterocycles. The monoisotopic (exact) mass is 128 g/mol. The molecule has 1 radical (unpaired) electrons. The largest absolute Gasteiger partial charge is 0.330 e. The fourth-order valence-corrected chi connectivity index (χ4v) is 1.06. The van der Waals surface area contributed by atoms with E-state index in [0.717, 1.165) is 12.5 Å². The van der Waals surface area contributed by atoms with E-state index in [2.05, 4.69) is 20.3 Å². The van der Waals surface area contributed by atoms with Crippen molar-refractivity contribution < 1.29 is 0 Å². The van der Waals surface area contributed by atoms with Gasteiger partial charge in [0.2, 0.25) is 0 Å². The van der Waals surface area contributed by atoms with E-state index in [0.29, 0.717) is 0 Å². The van der Waals surface area contributed by atoms with Crippen molar-refractivity contribution >= 4 is 0 Å². The van der Waals surface area contributed by atoms with Gasteiger partial charge < -0.3 is 5.73 Å². The van der Waals surface area contributed by atoms with Gasteiger partial charge in [-0.3, -0.25) is 0 Å². The molecule has 0 aromatic heterocycles. The number of nitrogens with two attached hydrogens (primary N) is 1. The van der Waals surface area contributed by atoms with E-state index in [9.17, 15) is 0 Å². The van der Waals surface area contributed by atoms with Crippen LogP contribution in [-0.2, 0) is 0 Å². The highest BCUT2D eigenvalue weighted by Gasteiger charge is 2.01. The van der Waals surface area contributed by atoms with Gasteiger partial charge in [0.05, 0.1) is 0 Å². The summed E-state index contributed by atoms with van der Waals surface area (Å²) in [4.78, 5) is 0. The van der Waals surface area contributed by atoms with E-state index in [-0.39, 0.29) is 0 Å². The summed E-state index contributed by atoms with van der Waals surface area (Å²) in [6.07, 6.45) is 5.90. The summed E-state index contributed by atoms with van der Waals surface area (Å²) in [5, 5.41) is 0. The van der Waals surface area contributed by atoms with E-state index in [1.165, 1.54) is 19.3 Å². The highest BCUT2D eigenvalue weighted by Crippen LogP contribution is 2.12. The topological polar surface area (TPSA) is 26.0 Å². The maximum Gasteiger partial charge on any atom is -0.00746 e. The predicted molar refractivity (Wildman–Crippen MR) is 42.0 cm³/mol. The first-order valence-electron chi connectivity index (χ1n) is 3.83. The summed E-state index contributed by atoms with van der Waals surface area (Å²) in [6.45, 7) is 5.18. The van der Waals surface area contributed by atoms with E-state index in [1.54, 1.807) is 0 Å². The summed E-state index contributed by atoms with van der Waals surface area (Å²) in [5.74, 6) is 0.833. The molecule has 0 amide bonds. The third-order valence-electron chi connectivity index (χ3n) is 1.72. The Bertz CT molecular complexity index is 46.5. The lowest BCUT2D eigenvalue weighted by molar-refractivity contribution is 0.471. The molecule has 0 aliphatic carbocycles. The van der Waals surface area contributed by atoms with Crippen LogP contribution in [0.1, 0.15) is 33.1 Å². The van der Waals surface area contributed by atoms with E-state index >= 15 is 0 Å². The van der Waals surface area contributed by atoms with Crippen LogP contribution in [-0.4, -0.2) is 6.54 Å². The molecule has 9 heavy (non-hydrogen) atoms. The quantitative estimate of drug-likeness (QED) is 0.602. The third-order valence-corrected chi connectivity index (χ3v) is 1.72. The molecule has 0 bridgehead atoms. The van der Waals surface area contributed by atoms with Crippen molar-refractivity contribution in [3.05, 3.63) is 6.42 Å². The van der Waals surface area contributed by atoms with Crippen LogP contribution in [0.3, 0.4) is 0 Å². The molecule has 1 heteroatoms. The first-order valence-corrected chi connectivity index (χ1v) is 3.83.